The second kappa shape index (κ2) is 5.01. The van der Waals surface area contributed by atoms with Crippen LogP contribution in [0.4, 0.5) is 5.95 Å². The second-order valence-electron chi connectivity index (χ2n) is 4.27. The Hall–Kier alpha value is -1.88. The maximum atomic E-state index is 6.28. The first-order valence-electron chi connectivity index (χ1n) is 5.76. The van der Waals surface area contributed by atoms with Crippen molar-refractivity contribution in [3.63, 3.8) is 0 Å². The third-order valence-corrected chi connectivity index (χ3v) is 3.43. The van der Waals surface area contributed by atoms with Crippen LogP contribution in [0.5, 0.6) is 5.75 Å². The number of nitrogens with two attached hydrogens (primary N) is 1. The molecule has 0 saturated carbocycles. The molecule has 1 aromatic heterocycles. The quantitative estimate of drug-likeness (QED) is 0.914. The van der Waals surface area contributed by atoms with E-state index in [0.717, 1.165) is 16.7 Å². The summed E-state index contributed by atoms with van der Waals surface area (Å²) >= 11 is 6.28. The number of aromatic nitrogens is 3. The van der Waals surface area contributed by atoms with Crippen molar-refractivity contribution in [1.82, 2.24) is 15.0 Å². The second-order valence-corrected chi connectivity index (χ2v) is 4.65. The van der Waals surface area contributed by atoms with Gasteiger partial charge in [0.05, 0.1) is 12.7 Å². The van der Waals surface area contributed by atoms with Crippen LogP contribution in [0.15, 0.2) is 6.07 Å². The lowest BCUT2D eigenvalue weighted by molar-refractivity contribution is 0.415. The molecule has 0 saturated heterocycles. The highest BCUT2D eigenvalue weighted by Gasteiger charge is 2.17. The van der Waals surface area contributed by atoms with Gasteiger partial charge >= 0.3 is 0 Å². The summed E-state index contributed by atoms with van der Waals surface area (Å²) in [6, 6.07) is 1.86. The monoisotopic (exact) mass is 278 g/mol. The number of methoxy groups -OCH3 is 1. The van der Waals surface area contributed by atoms with Gasteiger partial charge in [-0.25, -0.2) is 4.98 Å². The third kappa shape index (κ3) is 2.46. The van der Waals surface area contributed by atoms with Gasteiger partial charge in [-0.3, -0.25) is 0 Å². The van der Waals surface area contributed by atoms with Crippen LogP contribution in [0.3, 0.4) is 0 Å². The van der Waals surface area contributed by atoms with Crippen molar-refractivity contribution in [3.05, 3.63) is 28.0 Å². The Balaban J connectivity index is 2.77. The van der Waals surface area contributed by atoms with Crippen LogP contribution < -0.4 is 10.5 Å². The fourth-order valence-electron chi connectivity index (χ4n) is 1.98. The predicted octanol–water partition coefficient (Wildman–Crippen LogP) is 2.71. The first-order valence-corrected chi connectivity index (χ1v) is 6.14. The van der Waals surface area contributed by atoms with E-state index in [9.17, 15) is 0 Å². The number of rotatable bonds is 2. The van der Waals surface area contributed by atoms with E-state index in [-0.39, 0.29) is 5.95 Å². The van der Waals surface area contributed by atoms with Gasteiger partial charge in [0.1, 0.15) is 11.6 Å². The summed E-state index contributed by atoms with van der Waals surface area (Å²) in [5.41, 5.74) is 8.22. The molecule has 1 heterocycles. The van der Waals surface area contributed by atoms with Gasteiger partial charge in [-0.05, 0) is 38.0 Å². The summed E-state index contributed by atoms with van der Waals surface area (Å²) in [5, 5.41) is 0.674. The van der Waals surface area contributed by atoms with Gasteiger partial charge in [0.25, 0.3) is 0 Å². The highest BCUT2D eigenvalue weighted by Crippen LogP contribution is 2.37. The van der Waals surface area contributed by atoms with Gasteiger partial charge in [-0.1, -0.05) is 11.6 Å². The molecule has 0 aliphatic rings. The van der Waals surface area contributed by atoms with Gasteiger partial charge in [0, 0.05) is 5.02 Å². The van der Waals surface area contributed by atoms with E-state index in [1.54, 1.807) is 14.0 Å². The Morgan fingerprint density at radius 2 is 1.84 bits per heavy atom. The zero-order chi connectivity index (χ0) is 14.2. The molecule has 0 bridgehead atoms. The Labute approximate surface area is 116 Å². The molecular formula is C13H15ClN4O. The molecule has 0 atom stereocenters. The van der Waals surface area contributed by atoms with Crippen molar-refractivity contribution in [2.75, 3.05) is 12.8 Å². The summed E-state index contributed by atoms with van der Waals surface area (Å²) in [6.07, 6.45) is 0. The highest BCUT2D eigenvalue weighted by atomic mass is 35.5. The maximum absolute atomic E-state index is 6.28. The molecule has 6 heteroatoms. The zero-order valence-corrected chi connectivity index (χ0v) is 12.0. The van der Waals surface area contributed by atoms with Crippen molar-refractivity contribution in [2.24, 2.45) is 0 Å². The molecule has 0 aliphatic carbocycles. The molecule has 2 rings (SSSR count). The molecule has 0 spiro atoms. The minimum Gasteiger partial charge on any atom is -0.496 e. The van der Waals surface area contributed by atoms with Crippen LogP contribution in [0.1, 0.15) is 17.0 Å². The summed E-state index contributed by atoms with van der Waals surface area (Å²) < 4.78 is 5.40. The molecule has 0 amide bonds. The number of halogens is 1. The standard InChI is InChI=1S/C13H15ClN4O/c1-6-5-9(19-4)10(7(2)11(6)14)12-16-8(3)17-13(15)18-12/h5H,1-4H3,(H2,15,16,17,18). The number of aryl methyl sites for hydroxylation is 2. The van der Waals surface area contributed by atoms with E-state index in [1.807, 2.05) is 19.9 Å². The van der Waals surface area contributed by atoms with Crippen molar-refractivity contribution in [3.8, 4) is 17.1 Å². The zero-order valence-electron chi connectivity index (χ0n) is 11.3. The summed E-state index contributed by atoms with van der Waals surface area (Å²) in [5.74, 6) is 1.88. The molecule has 100 valence electrons. The number of hydrogen-bond donors (Lipinski definition) is 1. The Morgan fingerprint density at radius 1 is 1.16 bits per heavy atom. The van der Waals surface area contributed by atoms with Crippen LogP contribution in [-0.2, 0) is 0 Å². The Morgan fingerprint density at radius 3 is 2.42 bits per heavy atom. The SMILES string of the molecule is COc1cc(C)c(Cl)c(C)c1-c1nc(C)nc(N)n1. The number of nitrogen functional groups attached to an aromatic ring is 1. The fraction of sp³-hybridized carbons (Fsp3) is 0.308. The number of ether oxygens (including phenoxy) is 1. The summed E-state index contributed by atoms with van der Waals surface area (Å²) in [7, 11) is 1.60. The fourth-order valence-corrected chi connectivity index (χ4v) is 2.12. The van der Waals surface area contributed by atoms with E-state index in [4.69, 9.17) is 22.1 Å². The van der Waals surface area contributed by atoms with Crippen LogP contribution in [0.25, 0.3) is 11.4 Å². The van der Waals surface area contributed by atoms with Crippen LogP contribution in [0.2, 0.25) is 5.02 Å². The van der Waals surface area contributed by atoms with Gasteiger partial charge in [-0.2, -0.15) is 9.97 Å². The van der Waals surface area contributed by atoms with E-state index in [2.05, 4.69) is 15.0 Å². The Kier molecular flexibility index (Phi) is 3.57. The van der Waals surface area contributed by atoms with E-state index >= 15 is 0 Å². The number of anilines is 1. The topological polar surface area (TPSA) is 73.9 Å². The minimum absolute atomic E-state index is 0.181. The van der Waals surface area contributed by atoms with Crippen LogP contribution >= 0.6 is 11.6 Å². The first-order chi connectivity index (χ1) is 8.93. The molecule has 2 N–H and O–H groups in total. The largest absolute Gasteiger partial charge is 0.496 e. The average molecular weight is 279 g/mol. The molecule has 0 fully saturated rings. The third-order valence-electron chi connectivity index (χ3n) is 2.85. The van der Waals surface area contributed by atoms with E-state index in [0.29, 0.717) is 22.4 Å². The molecule has 0 unspecified atom stereocenters. The summed E-state index contributed by atoms with van der Waals surface area (Å²) in [6.45, 7) is 5.59. The van der Waals surface area contributed by atoms with Crippen molar-refractivity contribution < 1.29 is 4.74 Å². The van der Waals surface area contributed by atoms with Gasteiger partial charge in [-0.15, -0.1) is 0 Å². The molecule has 19 heavy (non-hydrogen) atoms. The predicted molar refractivity (Wildman–Crippen MR) is 75.4 cm³/mol. The van der Waals surface area contributed by atoms with Gasteiger partial charge < -0.3 is 10.5 Å². The van der Waals surface area contributed by atoms with Crippen molar-refractivity contribution in [2.45, 2.75) is 20.8 Å². The normalized spacial score (nSPS) is 10.6. The van der Waals surface area contributed by atoms with Gasteiger partial charge in [0.15, 0.2) is 5.82 Å². The number of hydrogen-bond acceptors (Lipinski definition) is 5. The van der Waals surface area contributed by atoms with Crippen LogP contribution in [-0.4, -0.2) is 22.1 Å². The van der Waals surface area contributed by atoms with Gasteiger partial charge in [0.2, 0.25) is 5.95 Å². The minimum atomic E-state index is 0.181. The highest BCUT2D eigenvalue weighted by molar-refractivity contribution is 6.32. The molecule has 2 aromatic rings. The molecule has 1 aromatic carbocycles. The average Bonchev–Trinajstić information content (AvgIpc) is 2.34. The van der Waals surface area contributed by atoms with E-state index < -0.39 is 0 Å². The molecule has 0 aliphatic heterocycles. The Bertz CT molecular complexity index is 623. The number of benzene rings is 1. The van der Waals surface area contributed by atoms with Crippen molar-refractivity contribution in [1.29, 1.82) is 0 Å². The maximum Gasteiger partial charge on any atom is 0.223 e. The molecule has 5 nitrogen and oxygen atoms in total. The lowest BCUT2D eigenvalue weighted by Crippen LogP contribution is -2.04. The van der Waals surface area contributed by atoms with E-state index in [1.165, 1.54) is 0 Å². The molecule has 0 radical (unpaired) electrons. The smallest absolute Gasteiger partial charge is 0.223 e. The lowest BCUT2D eigenvalue weighted by Gasteiger charge is -2.14. The van der Waals surface area contributed by atoms with Crippen molar-refractivity contribution >= 4 is 17.5 Å². The first kappa shape index (κ1) is 13.5. The molecular weight excluding hydrogens is 264 g/mol. The number of nitrogens with zero attached hydrogens (tertiary/aromatic N) is 3. The van der Waals surface area contributed by atoms with Crippen LogP contribution in [0, 0.1) is 20.8 Å². The lowest BCUT2D eigenvalue weighted by atomic mass is 10.0. The summed E-state index contributed by atoms with van der Waals surface area (Å²) in [4.78, 5) is 12.4.